The van der Waals surface area contributed by atoms with Gasteiger partial charge in [-0.3, -0.25) is 38.4 Å². The van der Waals surface area contributed by atoms with Crippen molar-refractivity contribution < 1.29 is 90.5 Å². The summed E-state index contributed by atoms with van der Waals surface area (Å²) < 4.78 is 62.2. The molecule has 330 valence electrons. The number of carbonyl (C=O) groups excluding carboxylic acids is 8. The molecule has 21 heteroatoms. The van der Waals surface area contributed by atoms with Gasteiger partial charge in [0.15, 0.2) is 43.1 Å². The third-order valence-corrected chi connectivity index (χ3v) is 8.49. The van der Waals surface area contributed by atoms with Crippen LogP contribution in [0.1, 0.15) is 93.9 Å². The lowest BCUT2D eigenvalue weighted by Crippen LogP contribution is -2.67. The molecule has 58 heavy (non-hydrogen) atoms. The normalized spacial score (nSPS) is 27.2. The van der Waals surface area contributed by atoms with Crippen LogP contribution in [0, 0.1) is 0 Å². The average Bonchev–Trinajstić information content (AvgIpc) is 3.11. The number of rotatable bonds is 22. The third kappa shape index (κ3) is 17.2. The minimum Gasteiger partial charge on any atom is -0.463 e. The number of hydrogen-bond donors (Lipinski definition) is 2. The van der Waals surface area contributed by atoms with Crippen LogP contribution in [0.4, 0.5) is 0 Å². The molecule has 2 fully saturated rings. The molecule has 2 heterocycles. The molecular weight excluding hydrogens is 776 g/mol. The van der Waals surface area contributed by atoms with Crippen molar-refractivity contribution >= 4 is 47.7 Å². The Hall–Kier alpha value is -4.44. The lowest BCUT2D eigenvalue weighted by Gasteiger charge is -2.48. The van der Waals surface area contributed by atoms with Crippen LogP contribution in [-0.4, -0.2) is 142 Å². The Kier molecular flexibility index (Phi) is 21.5. The van der Waals surface area contributed by atoms with Gasteiger partial charge < -0.3 is 63.2 Å². The smallest absolute Gasteiger partial charge is 0.303 e. The van der Waals surface area contributed by atoms with Crippen molar-refractivity contribution in [1.82, 2.24) is 5.32 Å². The van der Waals surface area contributed by atoms with E-state index in [-0.39, 0.29) is 0 Å². The molecule has 0 saturated carbocycles. The molecule has 0 spiro atoms. The third-order valence-electron chi connectivity index (χ3n) is 8.49. The van der Waals surface area contributed by atoms with Crippen LogP contribution in [0.2, 0.25) is 0 Å². The molecule has 0 aromatic rings. The molecule has 2 aliphatic heterocycles. The van der Waals surface area contributed by atoms with Gasteiger partial charge in [-0.25, -0.2) is 0 Å². The highest BCUT2D eigenvalue weighted by Crippen LogP contribution is 2.35. The number of hydrogen-bond acceptors (Lipinski definition) is 20. The molecule has 3 N–H and O–H groups in total. The van der Waals surface area contributed by atoms with Crippen LogP contribution >= 0.6 is 0 Å². The molecule has 11 atom stereocenters. The quantitative estimate of drug-likeness (QED) is 0.0850. The number of unbranched alkanes of at least 4 members (excludes halogenated alkanes) is 5. The highest BCUT2D eigenvalue weighted by atomic mass is 16.8. The molecule has 0 bridgehead atoms. The maximum atomic E-state index is 12.8. The van der Waals surface area contributed by atoms with Crippen LogP contribution < -0.4 is 11.1 Å². The lowest BCUT2D eigenvalue weighted by atomic mass is 9.96. The van der Waals surface area contributed by atoms with E-state index < -0.39 is 135 Å². The van der Waals surface area contributed by atoms with E-state index in [2.05, 4.69) is 12.2 Å². The second kappa shape index (κ2) is 25.1. The Labute approximate surface area is 336 Å². The first-order valence-electron chi connectivity index (χ1n) is 19.1. The van der Waals surface area contributed by atoms with Gasteiger partial charge in [-0.15, -0.1) is 0 Å². The number of ether oxygens (including phenoxy) is 11. The number of carbonyl (C=O) groups is 8. The first kappa shape index (κ1) is 49.7. The zero-order valence-corrected chi connectivity index (χ0v) is 34.3. The largest absolute Gasteiger partial charge is 0.463 e. The van der Waals surface area contributed by atoms with Crippen molar-refractivity contribution in [3.05, 3.63) is 0 Å². The molecule has 2 aliphatic rings. The maximum Gasteiger partial charge on any atom is 0.303 e. The van der Waals surface area contributed by atoms with E-state index in [4.69, 9.17) is 57.8 Å². The van der Waals surface area contributed by atoms with Crippen molar-refractivity contribution in [2.75, 3.05) is 26.4 Å². The highest BCUT2D eigenvalue weighted by Gasteiger charge is 2.57. The molecule has 0 aliphatic carbocycles. The molecule has 21 nitrogen and oxygen atoms in total. The van der Waals surface area contributed by atoms with Crippen LogP contribution in [-0.2, 0) is 90.5 Å². The fourth-order valence-electron chi connectivity index (χ4n) is 6.13. The van der Waals surface area contributed by atoms with Gasteiger partial charge in [0.1, 0.15) is 37.6 Å². The SMILES string of the molecule is CCCCCCCCNC(=O)[C@@H](N)CO[C@H]1O[C@H](COC(C)=O)[C@@H](O[C@@H]2OC(COC(C)=O)[C@H](OC(C)=O)[C@H](OC(C)=O)C2OC(C)=O)C(OC(C)=O)C1OC(C)=O. The fraction of sp³-hybridized carbons (Fsp3) is 0.784. The summed E-state index contributed by atoms with van der Waals surface area (Å²) >= 11 is 0. The number of esters is 7. The van der Waals surface area contributed by atoms with E-state index in [1.54, 1.807) is 0 Å². The first-order chi connectivity index (χ1) is 27.3. The standard InChI is InChI=1S/C37H58N2O19/c1-9-10-11-12-13-14-15-39-35(47)26(38)16-50-36-33(54-24(7)45)32(53-23(6)44)30(28(56-36)18-49-20(3)41)58-37-34(55-25(8)46)31(52-22(5)43)29(51-21(4)42)27(57-37)17-48-19(2)40/h26-34,36-37H,9-18,38H2,1-8H3,(H,39,47)/t26-,27?,28+,29-,30+,31-,32?,33?,34?,36-,37-/m0/s1. The summed E-state index contributed by atoms with van der Waals surface area (Å²) in [5.41, 5.74) is 6.12. The predicted octanol–water partition coefficient (Wildman–Crippen LogP) is 0.427. The van der Waals surface area contributed by atoms with E-state index in [9.17, 15) is 38.4 Å². The second-order valence-corrected chi connectivity index (χ2v) is 13.7. The van der Waals surface area contributed by atoms with Crippen LogP contribution in [0.15, 0.2) is 0 Å². The summed E-state index contributed by atoms with van der Waals surface area (Å²) in [6.07, 6.45) is -10.2. The van der Waals surface area contributed by atoms with Crippen molar-refractivity contribution in [3.8, 4) is 0 Å². The van der Waals surface area contributed by atoms with Crippen LogP contribution in [0.3, 0.4) is 0 Å². The Bertz CT molecular complexity index is 1410. The summed E-state index contributed by atoms with van der Waals surface area (Å²) in [4.78, 5) is 98.8. The predicted molar refractivity (Wildman–Crippen MR) is 194 cm³/mol. The van der Waals surface area contributed by atoms with Gasteiger partial charge in [-0.2, -0.15) is 0 Å². The number of nitrogens with two attached hydrogens (primary N) is 1. The molecule has 0 aromatic heterocycles. The topological polar surface area (TPSA) is 276 Å². The second-order valence-electron chi connectivity index (χ2n) is 13.7. The molecule has 0 aromatic carbocycles. The highest BCUT2D eigenvalue weighted by molar-refractivity contribution is 5.81. The molecule has 4 unspecified atom stereocenters. The minimum atomic E-state index is -1.84. The Balaban J connectivity index is 2.55. The average molecular weight is 835 g/mol. The minimum absolute atomic E-state index is 0.381. The molecule has 0 radical (unpaired) electrons. The van der Waals surface area contributed by atoms with Crippen molar-refractivity contribution in [1.29, 1.82) is 0 Å². The summed E-state index contributed by atoms with van der Waals surface area (Å²) in [6.45, 7) is 8.16. The summed E-state index contributed by atoms with van der Waals surface area (Å²) in [6, 6.07) is -1.23. The molecule has 2 saturated heterocycles. The molecule has 2 rings (SSSR count). The number of amides is 1. The summed E-state index contributed by atoms with van der Waals surface area (Å²) in [7, 11) is 0. The van der Waals surface area contributed by atoms with Gasteiger partial charge in [0.05, 0.1) is 6.61 Å². The maximum absolute atomic E-state index is 12.8. The zero-order valence-electron chi connectivity index (χ0n) is 34.3. The van der Waals surface area contributed by atoms with Gasteiger partial charge in [0.2, 0.25) is 5.91 Å². The zero-order chi connectivity index (χ0) is 43.5. The van der Waals surface area contributed by atoms with Crippen LogP contribution in [0.5, 0.6) is 0 Å². The van der Waals surface area contributed by atoms with E-state index in [0.29, 0.717) is 6.54 Å². The van der Waals surface area contributed by atoms with Crippen molar-refractivity contribution in [3.63, 3.8) is 0 Å². The summed E-state index contributed by atoms with van der Waals surface area (Å²) in [5.74, 6) is -6.63. The lowest BCUT2D eigenvalue weighted by molar-refractivity contribution is -0.361. The van der Waals surface area contributed by atoms with E-state index >= 15 is 0 Å². The Morgan fingerprint density at radius 2 is 0.948 bits per heavy atom. The van der Waals surface area contributed by atoms with E-state index in [1.807, 2.05) is 0 Å². The Morgan fingerprint density at radius 1 is 0.534 bits per heavy atom. The molecular formula is C37H58N2O19. The van der Waals surface area contributed by atoms with Gasteiger partial charge >= 0.3 is 41.8 Å². The molecule has 1 amide bonds. The fourth-order valence-corrected chi connectivity index (χ4v) is 6.13. The van der Waals surface area contributed by atoms with E-state index in [0.717, 1.165) is 87.0 Å². The van der Waals surface area contributed by atoms with Gasteiger partial charge in [-0.05, 0) is 6.42 Å². The summed E-state index contributed by atoms with van der Waals surface area (Å²) in [5, 5.41) is 2.75. The van der Waals surface area contributed by atoms with Gasteiger partial charge in [0.25, 0.3) is 0 Å². The van der Waals surface area contributed by atoms with Crippen molar-refractivity contribution in [2.24, 2.45) is 5.73 Å². The monoisotopic (exact) mass is 834 g/mol. The van der Waals surface area contributed by atoms with Crippen LogP contribution in [0.25, 0.3) is 0 Å². The van der Waals surface area contributed by atoms with Gasteiger partial charge in [0, 0.05) is 55.0 Å². The van der Waals surface area contributed by atoms with Crippen molar-refractivity contribution in [2.45, 2.75) is 161 Å². The first-order valence-corrected chi connectivity index (χ1v) is 19.1. The Morgan fingerprint density at radius 3 is 1.45 bits per heavy atom. The van der Waals surface area contributed by atoms with E-state index in [1.165, 1.54) is 0 Å². The number of nitrogens with one attached hydrogen (secondary N) is 1. The van der Waals surface area contributed by atoms with Gasteiger partial charge in [-0.1, -0.05) is 39.0 Å².